The van der Waals surface area contributed by atoms with E-state index in [2.05, 4.69) is 10.6 Å². The highest BCUT2D eigenvalue weighted by Crippen LogP contribution is 2.06. The summed E-state index contributed by atoms with van der Waals surface area (Å²) in [6.45, 7) is 3.66. The molecule has 106 valence electrons. The van der Waals surface area contributed by atoms with Crippen LogP contribution in [0.2, 0.25) is 0 Å². The van der Waals surface area contributed by atoms with Gasteiger partial charge in [0.05, 0.1) is 12.6 Å². The van der Waals surface area contributed by atoms with Gasteiger partial charge in [-0.1, -0.05) is 19.1 Å². The van der Waals surface area contributed by atoms with Crippen molar-refractivity contribution in [1.82, 2.24) is 10.6 Å². The molecule has 4 nitrogen and oxygen atoms in total. The molecule has 2 unspecified atom stereocenters. The van der Waals surface area contributed by atoms with Gasteiger partial charge >= 0.3 is 6.03 Å². The molecule has 1 rings (SSSR count). The van der Waals surface area contributed by atoms with E-state index in [0.717, 1.165) is 5.56 Å². The van der Waals surface area contributed by atoms with Gasteiger partial charge in [0.15, 0.2) is 0 Å². The number of hydrogen-bond donors (Lipinski definition) is 3. The van der Waals surface area contributed by atoms with Gasteiger partial charge in [-0.2, -0.15) is 0 Å². The van der Waals surface area contributed by atoms with Gasteiger partial charge in [-0.05, 0) is 37.5 Å². The number of amides is 2. The summed E-state index contributed by atoms with van der Waals surface area (Å²) in [5.74, 6) is -0.277. The number of benzene rings is 1. The van der Waals surface area contributed by atoms with Crippen LogP contribution in [0.1, 0.15) is 25.8 Å². The summed E-state index contributed by atoms with van der Waals surface area (Å²) in [6, 6.07) is 5.65. The number of carbonyl (C=O) groups is 1. The summed E-state index contributed by atoms with van der Waals surface area (Å²) in [5.41, 5.74) is 0.835. The van der Waals surface area contributed by atoms with Crippen molar-refractivity contribution in [2.24, 2.45) is 0 Å². The normalized spacial score (nSPS) is 13.7. The largest absolute Gasteiger partial charge is 0.394 e. The van der Waals surface area contributed by atoms with Crippen LogP contribution >= 0.6 is 0 Å². The summed E-state index contributed by atoms with van der Waals surface area (Å²) in [4.78, 5) is 11.6. The average Bonchev–Trinajstić information content (AvgIpc) is 2.35. The van der Waals surface area contributed by atoms with E-state index < -0.39 is 0 Å². The predicted octanol–water partition coefficient (Wildman–Crippen LogP) is 1.83. The van der Waals surface area contributed by atoms with Crippen molar-refractivity contribution in [2.45, 2.75) is 38.8 Å². The minimum atomic E-state index is -0.315. The number of carbonyl (C=O) groups excluding carboxylic acids is 1. The molecule has 0 aliphatic carbocycles. The second kappa shape index (κ2) is 7.74. The van der Waals surface area contributed by atoms with Crippen LogP contribution in [0.25, 0.3) is 0 Å². The smallest absolute Gasteiger partial charge is 0.315 e. The maximum absolute atomic E-state index is 13.0. The molecule has 0 heterocycles. The summed E-state index contributed by atoms with van der Waals surface area (Å²) >= 11 is 0. The molecule has 0 saturated heterocycles. The van der Waals surface area contributed by atoms with Crippen LogP contribution in [0.15, 0.2) is 24.3 Å². The van der Waals surface area contributed by atoms with Crippen LogP contribution in [0.3, 0.4) is 0 Å². The van der Waals surface area contributed by atoms with Crippen molar-refractivity contribution in [3.05, 3.63) is 35.6 Å². The summed E-state index contributed by atoms with van der Waals surface area (Å²) in [6.07, 6.45) is 1.23. The van der Waals surface area contributed by atoms with Crippen molar-refractivity contribution in [2.75, 3.05) is 6.61 Å². The van der Waals surface area contributed by atoms with E-state index in [1.165, 1.54) is 12.1 Å². The summed E-state index contributed by atoms with van der Waals surface area (Å²) in [7, 11) is 0. The number of halogens is 1. The fourth-order valence-electron chi connectivity index (χ4n) is 1.80. The van der Waals surface area contributed by atoms with Crippen LogP contribution < -0.4 is 10.6 Å². The van der Waals surface area contributed by atoms with Crippen molar-refractivity contribution in [3.8, 4) is 0 Å². The number of aliphatic hydroxyl groups excluding tert-OH is 1. The average molecular weight is 268 g/mol. The fraction of sp³-hybridized carbons (Fsp3) is 0.500. The molecule has 0 spiro atoms. The molecular weight excluding hydrogens is 247 g/mol. The summed E-state index contributed by atoms with van der Waals surface area (Å²) < 4.78 is 13.0. The highest BCUT2D eigenvalue weighted by Gasteiger charge is 2.12. The molecular formula is C14H21FN2O2. The number of nitrogens with one attached hydrogen (secondary N) is 2. The Labute approximate surface area is 113 Å². The molecule has 0 aliphatic rings. The monoisotopic (exact) mass is 268 g/mol. The van der Waals surface area contributed by atoms with Gasteiger partial charge in [0.25, 0.3) is 0 Å². The lowest BCUT2D eigenvalue weighted by Crippen LogP contribution is -2.47. The molecule has 5 heteroatoms. The molecule has 3 N–H and O–H groups in total. The second-order valence-corrected chi connectivity index (χ2v) is 4.64. The molecule has 0 fully saturated rings. The standard InChI is InChI=1S/C14H21FN2O2/c1-3-13(9-18)17-14(19)16-10(2)7-11-5-4-6-12(15)8-11/h4-6,8,10,13,18H,3,7,9H2,1-2H3,(H2,16,17,19). The van der Waals surface area contributed by atoms with Crippen molar-refractivity contribution in [1.29, 1.82) is 0 Å². The van der Waals surface area contributed by atoms with Crippen LogP contribution in [0.4, 0.5) is 9.18 Å². The Morgan fingerprint density at radius 2 is 2.16 bits per heavy atom. The van der Waals surface area contributed by atoms with E-state index >= 15 is 0 Å². The van der Waals surface area contributed by atoms with Gasteiger partial charge in [-0.15, -0.1) is 0 Å². The lowest BCUT2D eigenvalue weighted by molar-refractivity contribution is 0.212. The van der Waals surface area contributed by atoms with E-state index in [-0.39, 0.29) is 30.5 Å². The maximum atomic E-state index is 13.0. The minimum absolute atomic E-state index is 0.0812. The van der Waals surface area contributed by atoms with Gasteiger partial charge in [0, 0.05) is 6.04 Å². The molecule has 19 heavy (non-hydrogen) atoms. The zero-order valence-corrected chi connectivity index (χ0v) is 11.3. The van der Waals surface area contributed by atoms with Crippen LogP contribution in [0, 0.1) is 5.82 Å². The Balaban J connectivity index is 2.42. The first-order valence-corrected chi connectivity index (χ1v) is 6.47. The molecule has 2 amide bonds. The minimum Gasteiger partial charge on any atom is -0.394 e. The second-order valence-electron chi connectivity index (χ2n) is 4.64. The predicted molar refractivity (Wildman–Crippen MR) is 72.4 cm³/mol. The third-order valence-electron chi connectivity index (χ3n) is 2.86. The molecule has 1 aromatic carbocycles. The van der Waals surface area contributed by atoms with E-state index in [1.807, 2.05) is 19.9 Å². The lowest BCUT2D eigenvalue weighted by Gasteiger charge is -2.18. The van der Waals surface area contributed by atoms with Gasteiger partial charge in [-0.3, -0.25) is 0 Å². The Bertz CT molecular complexity index is 408. The van der Waals surface area contributed by atoms with Crippen molar-refractivity contribution < 1.29 is 14.3 Å². The Kier molecular flexibility index (Phi) is 6.29. The third-order valence-corrected chi connectivity index (χ3v) is 2.86. The number of aliphatic hydroxyl groups is 1. The highest BCUT2D eigenvalue weighted by molar-refractivity contribution is 5.74. The van der Waals surface area contributed by atoms with Gasteiger partial charge in [0.1, 0.15) is 5.82 Å². The summed E-state index contributed by atoms with van der Waals surface area (Å²) in [5, 5.41) is 14.4. The first-order chi connectivity index (χ1) is 9.05. The Morgan fingerprint density at radius 1 is 1.42 bits per heavy atom. The van der Waals surface area contributed by atoms with Crippen LogP contribution in [0.5, 0.6) is 0 Å². The van der Waals surface area contributed by atoms with Gasteiger partial charge in [0.2, 0.25) is 0 Å². The topological polar surface area (TPSA) is 61.4 Å². The van der Waals surface area contributed by atoms with Crippen LogP contribution in [-0.4, -0.2) is 29.8 Å². The number of urea groups is 1. The molecule has 0 radical (unpaired) electrons. The lowest BCUT2D eigenvalue weighted by atomic mass is 10.1. The molecule has 0 aromatic heterocycles. The number of rotatable bonds is 6. The third kappa shape index (κ3) is 5.70. The van der Waals surface area contributed by atoms with Crippen molar-refractivity contribution in [3.63, 3.8) is 0 Å². The number of hydrogen-bond acceptors (Lipinski definition) is 2. The molecule has 0 saturated carbocycles. The van der Waals surface area contributed by atoms with E-state index in [4.69, 9.17) is 5.11 Å². The molecule has 1 aromatic rings. The first kappa shape index (κ1) is 15.4. The van der Waals surface area contributed by atoms with Gasteiger partial charge in [-0.25, -0.2) is 9.18 Å². The quantitative estimate of drug-likeness (QED) is 0.737. The zero-order valence-electron chi connectivity index (χ0n) is 11.3. The van der Waals surface area contributed by atoms with E-state index in [1.54, 1.807) is 6.07 Å². The van der Waals surface area contributed by atoms with E-state index in [0.29, 0.717) is 12.8 Å². The SMILES string of the molecule is CCC(CO)NC(=O)NC(C)Cc1cccc(F)c1. The zero-order chi connectivity index (χ0) is 14.3. The molecule has 0 bridgehead atoms. The fourth-order valence-corrected chi connectivity index (χ4v) is 1.80. The Hall–Kier alpha value is -1.62. The Morgan fingerprint density at radius 3 is 2.74 bits per heavy atom. The molecule has 2 atom stereocenters. The highest BCUT2D eigenvalue weighted by atomic mass is 19.1. The maximum Gasteiger partial charge on any atom is 0.315 e. The van der Waals surface area contributed by atoms with Crippen LogP contribution in [-0.2, 0) is 6.42 Å². The van der Waals surface area contributed by atoms with Gasteiger partial charge < -0.3 is 15.7 Å². The first-order valence-electron chi connectivity index (χ1n) is 6.47. The van der Waals surface area contributed by atoms with E-state index in [9.17, 15) is 9.18 Å². The molecule has 0 aliphatic heterocycles. The van der Waals surface area contributed by atoms with Crippen molar-refractivity contribution >= 4 is 6.03 Å².